The van der Waals surface area contributed by atoms with Crippen molar-refractivity contribution in [1.29, 1.82) is 0 Å². The molecule has 2 aromatic rings. The lowest BCUT2D eigenvalue weighted by atomic mass is 10.1. The molecule has 0 spiro atoms. The van der Waals surface area contributed by atoms with Crippen LogP contribution in [0.25, 0.3) is 11.4 Å². The lowest BCUT2D eigenvalue weighted by molar-refractivity contribution is -0.137. The fourth-order valence-corrected chi connectivity index (χ4v) is 2.09. The molecule has 102 valence electrons. The number of anilines is 1. The van der Waals surface area contributed by atoms with E-state index in [1.165, 1.54) is 16.7 Å². The van der Waals surface area contributed by atoms with Gasteiger partial charge in [0.1, 0.15) is 0 Å². The molecule has 1 N–H and O–H groups in total. The summed E-state index contributed by atoms with van der Waals surface area (Å²) < 4.78 is 41.0. The van der Waals surface area contributed by atoms with Crippen LogP contribution in [0.2, 0.25) is 0 Å². The van der Waals surface area contributed by atoms with Gasteiger partial charge in [0.15, 0.2) is 5.82 Å². The van der Waals surface area contributed by atoms with Gasteiger partial charge in [0, 0.05) is 24.1 Å². The Morgan fingerprint density at radius 2 is 1.95 bits per heavy atom. The first-order valence-corrected chi connectivity index (χ1v) is 6.08. The highest BCUT2D eigenvalue weighted by Crippen LogP contribution is 2.38. The minimum absolute atomic E-state index is 0.00722. The molecular formula is C11H10BrF3N4. The number of alkyl halides is 3. The lowest BCUT2D eigenvalue weighted by Crippen LogP contribution is -2.09. The highest BCUT2D eigenvalue weighted by atomic mass is 79.9. The monoisotopic (exact) mass is 334 g/mol. The van der Waals surface area contributed by atoms with E-state index in [0.29, 0.717) is 10.4 Å². The molecule has 0 unspecified atom stereocenters. The largest absolute Gasteiger partial charge is 0.417 e. The number of aromatic nitrogens is 3. The Kier molecular flexibility index (Phi) is 3.53. The lowest BCUT2D eigenvalue weighted by Gasteiger charge is -2.13. The molecule has 0 bridgehead atoms. The van der Waals surface area contributed by atoms with Crippen LogP contribution in [-0.2, 0) is 13.2 Å². The second-order valence-corrected chi connectivity index (χ2v) is 4.76. The van der Waals surface area contributed by atoms with Crippen LogP contribution in [0, 0.1) is 0 Å². The molecule has 0 fully saturated rings. The predicted molar refractivity (Wildman–Crippen MR) is 68.7 cm³/mol. The van der Waals surface area contributed by atoms with Crippen LogP contribution >= 0.6 is 15.9 Å². The van der Waals surface area contributed by atoms with E-state index in [-0.39, 0.29) is 11.4 Å². The molecule has 0 aliphatic carbocycles. The Morgan fingerprint density at radius 1 is 1.26 bits per heavy atom. The third-order valence-electron chi connectivity index (χ3n) is 2.63. The Bertz CT molecular complexity index is 606. The molecule has 4 nitrogen and oxygen atoms in total. The highest BCUT2D eigenvalue weighted by Gasteiger charge is 2.35. The van der Waals surface area contributed by atoms with E-state index in [0.717, 1.165) is 6.07 Å². The van der Waals surface area contributed by atoms with Gasteiger partial charge in [-0.2, -0.15) is 13.2 Å². The number of hydrogen-bond acceptors (Lipinski definition) is 3. The maximum Gasteiger partial charge on any atom is 0.417 e. The SMILES string of the molecule is CNc1nnc(-c2ccc(Br)cc2C(F)(F)F)n1C. The second-order valence-electron chi connectivity index (χ2n) is 3.84. The van der Waals surface area contributed by atoms with Crippen molar-refractivity contribution in [1.82, 2.24) is 14.8 Å². The van der Waals surface area contributed by atoms with E-state index in [4.69, 9.17) is 0 Å². The van der Waals surface area contributed by atoms with Crippen LogP contribution in [-0.4, -0.2) is 21.8 Å². The maximum absolute atomic E-state index is 13.0. The zero-order chi connectivity index (χ0) is 14.2. The number of halogens is 4. The van der Waals surface area contributed by atoms with Gasteiger partial charge in [0.2, 0.25) is 5.95 Å². The van der Waals surface area contributed by atoms with E-state index in [9.17, 15) is 13.2 Å². The van der Waals surface area contributed by atoms with Crippen molar-refractivity contribution in [2.75, 3.05) is 12.4 Å². The number of nitrogens with zero attached hydrogens (tertiary/aromatic N) is 3. The van der Waals surface area contributed by atoms with Gasteiger partial charge in [-0.25, -0.2) is 0 Å². The standard InChI is InChI=1S/C11H10BrF3N4/c1-16-10-18-17-9(19(10)2)7-4-3-6(12)5-8(7)11(13,14)15/h3-5H,1-2H3,(H,16,18). The zero-order valence-corrected chi connectivity index (χ0v) is 11.7. The minimum atomic E-state index is -4.45. The summed E-state index contributed by atoms with van der Waals surface area (Å²) in [6.45, 7) is 0. The Labute approximate surface area is 115 Å². The number of rotatable bonds is 2. The summed E-state index contributed by atoms with van der Waals surface area (Å²) in [5.74, 6) is 0.551. The van der Waals surface area contributed by atoms with Gasteiger partial charge in [0.25, 0.3) is 0 Å². The molecule has 19 heavy (non-hydrogen) atoms. The first-order valence-electron chi connectivity index (χ1n) is 5.29. The number of nitrogens with one attached hydrogen (secondary N) is 1. The minimum Gasteiger partial charge on any atom is -0.357 e. The van der Waals surface area contributed by atoms with Crippen LogP contribution in [0.15, 0.2) is 22.7 Å². The van der Waals surface area contributed by atoms with Gasteiger partial charge in [-0.15, -0.1) is 10.2 Å². The van der Waals surface area contributed by atoms with E-state index in [2.05, 4.69) is 31.4 Å². The summed E-state index contributed by atoms with van der Waals surface area (Å²) >= 11 is 3.04. The average Bonchev–Trinajstić information content (AvgIpc) is 2.69. The van der Waals surface area contributed by atoms with Gasteiger partial charge < -0.3 is 5.32 Å². The summed E-state index contributed by atoms with van der Waals surface area (Å²) in [4.78, 5) is 0. The molecule has 0 saturated heterocycles. The highest BCUT2D eigenvalue weighted by molar-refractivity contribution is 9.10. The van der Waals surface area contributed by atoms with Gasteiger partial charge >= 0.3 is 6.18 Å². The smallest absolute Gasteiger partial charge is 0.357 e. The van der Waals surface area contributed by atoms with Crippen molar-refractivity contribution in [3.63, 3.8) is 0 Å². The van der Waals surface area contributed by atoms with Crippen LogP contribution in [0.1, 0.15) is 5.56 Å². The molecule has 0 saturated carbocycles. The molecule has 0 atom stereocenters. The van der Waals surface area contributed by atoms with Crippen molar-refractivity contribution in [3.05, 3.63) is 28.2 Å². The molecule has 0 aliphatic rings. The number of benzene rings is 1. The molecule has 0 aliphatic heterocycles. The third-order valence-corrected chi connectivity index (χ3v) is 3.12. The molecule has 1 heterocycles. The van der Waals surface area contributed by atoms with Gasteiger partial charge in [0.05, 0.1) is 5.56 Å². The first-order chi connectivity index (χ1) is 8.84. The fourth-order valence-electron chi connectivity index (χ4n) is 1.73. The van der Waals surface area contributed by atoms with Crippen molar-refractivity contribution in [3.8, 4) is 11.4 Å². The van der Waals surface area contributed by atoms with E-state index in [1.807, 2.05) is 0 Å². The Balaban J connectivity index is 2.65. The van der Waals surface area contributed by atoms with Crippen LogP contribution < -0.4 is 5.32 Å². The third kappa shape index (κ3) is 2.58. The second kappa shape index (κ2) is 4.84. The first kappa shape index (κ1) is 13.9. The molecule has 0 radical (unpaired) electrons. The van der Waals surface area contributed by atoms with Crippen molar-refractivity contribution >= 4 is 21.9 Å². The predicted octanol–water partition coefficient (Wildman–Crippen LogP) is 3.31. The van der Waals surface area contributed by atoms with Crippen molar-refractivity contribution in [2.24, 2.45) is 7.05 Å². The normalized spacial score (nSPS) is 11.7. The molecule has 0 amide bonds. The van der Waals surface area contributed by atoms with E-state index < -0.39 is 11.7 Å². The Hall–Kier alpha value is -1.57. The summed E-state index contributed by atoms with van der Waals surface area (Å²) in [6.07, 6.45) is -4.45. The van der Waals surface area contributed by atoms with E-state index in [1.54, 1.807) is 14.1 Å². The number of hydrogen-bond donors (Lipinski definition) is 1. The van der Waals surface area contributed by atoms with Gasteiger partial charge in [-0.3, -0.25) is 4.57 Å². The topological polar surface area (TPSA) is 42.7 Å². The molecular weight excluding hydrogens is 325 g/mol. The molecule has 8 heteroatoms. The molecule has 1 aromatic carbocycles. The van der Waals surface area contributed by atoms with Gasteiger partial charge in [-0.1, -0.05) is 15.9 Å². The summed E-state index contributed by atoms with van der Waals surface area (Å²) in [5.41, 5.74) is -0.757. The summed E-state index contributed by atoms with van der Waals surface area (Å²) in [5, 5.41) is 10.3. The van der Waals surface area contributed by atoms with Crippen LogP contribution in [0.4, 0.5) is 19.1 Å². The summed E-state index contributed by atoms with van der Waals surface area (Å²) in [6, 6.07) is 3.94. The quantitative estimate of drug-likeness (QED) is 0.916. The van der Waals surface area contributed by atoms with Gasteiger partial charge in [-0.05, 0) is 18.2 Å². The van der Waals surface area contributed by atoms with Crippen molar-refractivity contribution in [2.45, 2.75) is 6.18 Å². The van der Waals surface area contributed by atoms with Crippen LogP contribution in [0.3, 0.4) is 0 Å². The van der Waals surface area contributed by atoms with Crippen molar-refractivity contribution < 1.29 is 13.2 Å². The summed E-state index contributed by atoms with van der Waals surface area (Å²) in [7, 11) is 3.23. The van der Waals surface area contributed by atoms with E-state index >= 15 is 0 Å². The maximum atomic E-state index is 13.0. The fraction of sp³-hybridized carbons (Fsp3) is 0.273. The zero-order valence-electron chi connectivity index (χ0n) is 10.1. The Morgan fingerprint density at radius 3 is 2.47 bits per heavy atom. The van der Waals surface area contributed by atoms with Crippen LogP contribution in [0.5, 0.6) is 0 Å². The molecule has 1 aromatic heterocycles. The average molecular weight is 335 g/mol. The molecule has 2 rings (SSSR count).